The third-order valence-corrected chi connectivity index (χ3v) is 5.99. The second-order valence-electron chi connectivity index (χ2n) is 5.60. The molecule has 0 bridgehead atoms. The fourth-order valence-corrected chi connectivity index (χ4v) is 4.84. The Morgan fingerprint density at radius 3 is 2.46 bits per heavy atom. The van der Waals surface area contributed by atoms with Crippen molar-refractivity contribution in [3.63, 3.8) is 0 Å². The van der Waals surface area contributed by atoms with Crippen LogP contribution in [0.3, 0.4) is 0 Å². The lowest BCUT2D eigenvalue weighted by Gasteiger charge is -2.23. The van der Waals surface area contributed by atoms with Crippen LogP contribution in [0, 0.1) is 0 Å². The molecule has 0 N–H and O–H groups in total. The van der Waals surface area contributed by atoms with Crippen LogP contribution in [0.2, 0.25) is 0 Å². The van der Waals surface area contributed by atoms with Crippen LogP contribution in [0.1, 0.15) is 30.5 Å². The van der Waals surface area contributed by atoms with Gasteiger partial charge in [0.25, 0.3) is 0 Å². The van der Waals surface area contributed by atoms with E-state index < -0.39 is 22.0 Å². The molecule has 0 spiro atoms. The van der Waals surface area contributed by atoms with E-state index in [0.717, 1.165) is 5.56 Å². The highest BCUT2D eigenvalue weighted by molar-refractivity contribution is 7.89. The molecule has 0 aromatic heterocycles. The van der Waals surface area contributed by atoms with Crippen molar-refractivity contribution >= 4 is 16.0 Å². The van der Waals surface area contributed by atoms with Crippen LogP contribution >= 0.6 is 0 Å². The van der Waals surface area contributed by atoms with Crippen molar-refractivity contribution in [1.82, 2.24) is 4.31 Å². The van der Waals surface area contributed by atoms with Gasteiger partial charge in [0, 0.05) is 6.54 Å². The maximum atomic E-state index is 12.9. The van der Waals surface area contributed by atoms with Crippen molar-refractivity contribution in [3.8, 4) is 0 Å². The molecular weight excluding hydrogens is 326 g/mol. The Hall–Kier alpha value is -2.18. The normalized spacial score (nSPS) is 19.0. The SMILES string of the molecule is CCOC(=O)CC1c2ccccc2S(=O)(=O)N1Cc1ccccc1. The fraction of sp³-hybridized carbons (Fsp3) is 0.278. The van der Waals surface area contributed by atoms with Crippen LogP contribution in [0.25, 0.3) is 0 Å². The van der Waals surface area contributed by atoms with E-state index in [9.17, 15) is 13.2 Å². The summed E-state index contributed by atoms with van der Waals surface area (Å²) >= 11 is 0. The van der Waals surface area contributed by atoms with Gasteiger partial charge in [-0.2, -0.15) is 4.31 Å². The average Bonchev–Trinajstić information content (AvgIpc) is 2.78. The summed E-state index contributed by atoms with van der Waals surface area (Å²) in [5.41, 5.74) is 1.53. The molecule has 1 unspecified atom stereocenters. The highest BCUT2D eigenvalue weighted by Crippen LogP contribution is 2.42. The Labute approximate surface area is 141 Å². The van der Waals surface area contributed by atoms with Gasteiger partial charge in [-0.3, -0.25) is 4.79 Å². The van der Waals surface area contributed by atoms with Gasteiger partial charge >= 0.3 is 5.97 Å². The number of carbonyl (C=O) groups is 1. The molecule has 0 radical (unpaired) electrons. The summed E-state index contributed by atoms with van der Waals surface area (Å²) in [6.07, 6.45) is 0.0108. The zero-order chi connectivity index (χ0) is 17.2. The number of fused-ring (bicyclic) bond motifs is 1. The lowest BCUT2D eigenvalue weighted by Crippen LogP contribution is -2.29. The number of esters is 1. The lowest BCUT2D eigenvalue weighted by molar-refractivity contribution is -0.144. The first-order chi connectivity index (χ1) is 11.5. The van der Waals surface area contributed by atoms with Crippen molar-refractivity contribution < 1.29 is 17.9 Å². The summed E-state index contributed by atoms with van der Waals surface area (Å²) < 4.78 is 32.2. The predicted octanol–water partition coefficient (Wildman–Crippen LogP) is 2.89. The minimum absolute atomic E-state index is 0.0108. The number of benzene rings is 2. The van der Waals surface area contributed by atoms with Crippen molar-refractivity contribution in [1.29, 1.82) is 0 Å². The molecule has 2 aromatic carbocycles. The number of rotatable bonds is 5. The molecule has 1 heterocycles. The molecule has 6 heteroatoms. The molecule has 1 aliphatic rings. The number of carbonyl (C=O) groups excluding carboxylic acids is 1. The molecule has 0 saturated carbocycles. The van der Waals surface area contributed by atoms with Gasteiger partial charge in [0.05, 0.1) is 24.0 Å². The molecular formula is C18H19NO4S. The zero-order valence-corrected chi connectivity index (χ0v) is 14.2. The van der Waals surface area contributed by atoms with E-state index in [1.807, 2.05) is 30.3 Å². The van der Waals surface area contributed by atoms with Crippen LogP contribution < -0.4 is 0 Å². The number of nitrogens with zero attached hydrogens (tertiary/aromatic N) is 1. The molecule has 126 valence electrons. The number of hydrogen-bond acceptors (Lipinski definition) is 4. The minimum atomic E-state index is -3.63. The first-order valence-electron chi connectivity index (χ1n) is 7.84. The second-order valence-corrected chi connectivity index (χ2v) is 7.46. The molecule has 24 heavy (non-hydrogen) atoms. The lowest BCUT2D eigenvalue weighted by atomic mass is 10.0. The summed E-state index contributed by atoms with van der Waals surface area (Å²) in [6.45, 7) is 2.24. The fourth-order valence-electron chi connectivity index (χ4n) is 2.99. The van der Waals surface area contributed by atoms with Gasteiger partial charge in [0.2, 0.25) is 10.0 Å². The average molecular weight is 345 g/mol. The number of hydrogen-bond donors (Lipinski definition) is 0. The molecule has 1 atom stereocenters. The molecule has 0 saturated heterocycles. The molecule has 0 amide bonds. The third-order valence-electron chi connectivity index (χ3n) is 4.06. The highest BCUT2D eigenvalue weighted by atomic mass is 32.2. The predicted molar refractivity (Wildman–Crippen MR) is 89.6 cm³/mol. The van der Waals surface area contributed by atoms with Gasteiger partial charge in [-0.05, 0) is 24.1 Å². The summed E-state index contributed by atoms with van der Waals surface area (Å²) in [4.78, 5) is 12.2. The Balaban J connectivity index is 1.99. The Bertz CT molecular complexity index is 833. The quantitative estimate of drug-likeness (QED) is 0.782. The Morgan fingerprint density at radius 1 is 1.08 bits per heavy atom. The van der Waals surface area contributed by atoms with Crippen molar-refractivity contribution in [2.45, 2.75) is 30.8 Å². The number of ether oxygens (including phenoxy) is 1. The monoisotopic (exact) mass is 345 g/mol. The largest absolute Gasteiger partial charge is 0.466 e. The van der Waals surface area contributed by atoms with Gasteiger partial charge in [0.15, 0.2) is 0 Å². The topological polar surface area (TPSA) is 63.7 Å². The summed E-state index contributed by atoms with van der Waals surface area (Å²) in [5, 5.41) is 0. The highest BCUT2D eigenvalue weighted by Gasteiger charge is 2.43. The molecule has 5 nitrogen and oxygen atoms in total. The van der Waals surface area contributed by atoms with Crippen LogP contribution in [-0.2, 0) is 26.1 Å². The van der Waals surface area contributed by atoms with Gasteiger partial charge in [-0.15, -0.1) is 0 Å². The molecule has 3 rings (SSSR count). The molecule has 0 aliphatic carbocycles. The van der Waals surface area contributed by atoms with Gasteiger partial charge in [0.1, 0.15) is 0 Å². The summed E-state index contributed by atoms with van der Waals surface area (Å²) in [5.74, 6) is -0.396. The summed E-state index contributed by atoms with van der Waals surface area (Å²) in [6, 6.07) is 15.7. The molecule has 1 aliphatic heterocycles. The van der Waals surface area contributed by atoms with Crippen LogP contribution in [0.15, 0.2) is 59.5 Å². The standard InChI is InChI=1S/C18H19NO4S/c1-2-23-18(20)12-16-15-10-6-7-11-17(15)24(21,22)19(16)13-14-8-4-3-5-9-14/h3-11,16H,2,12-13H2,1H3. The molecule has 2 aromatic rings. The maximum Gasteiger partial charge on any atom is 0.307 e. The zero-order valence-electron chi connectivity index (χ0n) is 13.4. The maximum absolute atomic E-state index is 12.9. The minimum Gasteiger partial charge on any atom is -0.466 e. The van der Waals surface area contributed by atoms with E-state index in [-0.39, 0.29) is 24.5 Å². The van der Waals surface area contributed by atoms with Gasteiger partial charge < -0.3 is 4.74 Å². The van der Waals surface area contributed by atoms with Crippen LogP contribution in [0.5, 0.6) is 0 Å². The van der Waals surface area contributed by atoms with E-state index >= 15 is 0 Å². The third kappa shape index (κ3) is 3.07. The van der Waals surface area contributed by atoms with Crippen LogP contribution in [-0.4, -0.2) is 25.3 Å². The van der Waals surface area contributed by atoms with Gasteiger partial charge in [-0.1, -0.05) is 48.5 Å². The summed E-state index contributed by atoms with van der Waals surface area (Å²) in [7, 11) is -3.63. The Morgan fingerprint density at radius 2 is 1.75 bits per heavy atom. The first-order valence-corrected chi connectivity index (χ1v) is 9.28. The van der Waals surface area contributed by atoms with Crippen LogP contribution in [0.4, 0.5) is 0 Å². The van der Waals surface area contributed by atoms with E-state index in [1.165, 1.54) is 4.31 Å². The van der Waals surface area contributed by atoms with Gasteiger partial charge in [-0.25, -0.2) is 8.42 Å². The Kier molecular flexibility index (Phi) is 4.69. The molecule has 0 fully saturated rings. The van der Waals surface area contributed by atoms with Crippen molar-refractivity contribution in [2.24, 2.45) is 0 Å². The van der Waals surface area contributed by atoms with E-state index in [0.29, 0.717) is 5.56 Å². The van der Waals surface area contributed by atoms with Crippen molar-refractivity contribution in [2.75, 3.05) is 6.61 Å². The second kappa shape index (κ2) is 6.75. The van der Waals surface area contributed by atoms with E-state index in [4.69, 9.17) is 4.74 Å². The first kappa shape index (κ1) is 16.7. The number of sulfonamides is 1. The van der Waals surface area contributed by atoms with Crippen molar-refractivity contribution in [3.05, 3.63) is 65.7 Å². The van der Waals surface area contributed by atoms with E-state index in [2.05, 4.69) is 0 Å². The smallest absolute Gasteiger partial charge is 0.307 e. The van der Waals surface area contributed by atoms with E-state index in [1.54, 1.807) is 31.2 Å².